The van der Waals surface area contributed by atoms with E-state index in [9.17, 15) is 9.18 Å². The Morgan fingerprint density at radius 2 is 2.04 bits per heavy atom. The largest absolute Gasteiger partial charge is 0.381 e. The first-order chi connectivity index (χ1) is 12.1. The average Bonchev–Trinajstić information content (AvgIpc) is 3.11. The number of ether oxygens (including phenoxy) is 1. The Morgan fingerprint density at radius 1 is 1.32 bits per heavy atom. The van der Waals surface area contributed by atoms with Gasteiger partial charge in [0.05, 0.1) is 5.69 Å². The Labute approximate surface area is 147 Å². The number of H-pyrrole nitrogens is 1. The summed E-state index contributed by atoms with van der Waals surface area (Å²) >= 11 is 0. The van der Waals surface area contributed by atoms with Gasteiger partial charge >= 0.3 is 0 Å². The molecule has 0 radical (unpaired) electrons. The van der Waals surface area contributed by atoms with Gasteiger partial charge in [-0.2, -0.15) is 5.10 Å². The molecule has 1 saturated heterocycles. The molecular weight excluding hydrogens is 321 g/mol. The first kappa shape index (κ1) is 17.6. The number of benzene rings is 1. The fraction of sp³-hybridized carbons (Fsp3) is 0.474. The van der Waals surface area contributed by atoms with Gasteiger partial charge in [-0.1, -0.05) is 0 Å². The molecule has 134 valence electrons. The van der Waals surface area contributed by atoms with Gasteiger partial charge in [0.1, 0.15) is 5.82 Å². The summed E-state index contributed by atoms with van der Waals surface area (Å²) in [4.78, 5) is 14.2. The molecule has 1 aliphatic heterocycles. The summed E-state index contributed by atoms with van der Waals surface area (Å²) in [5.74, 6) is 0.0765. The second-order valence-corrected chi connectivity index (χ2v) is 6.54. The Kier molecular flexibility index (Phi) is 5.81. The van der Waals surface area contributed by atoms with Crippen molar-refractivity contribution in [2.45, 2.75) is 25.7 Å². The molecular formula is C19H24FN3O2. The minimum absolute atomic E-state index is 0.107. The number of carbonyl (C=O) groups excluding carboxylic acids is 1. The lowest BCUT2D eigenvalue weighted by atomic mass is 9.99. The molecule has 1 aromatic carbocycles. The van der Waals surface area contributed by atoms with Crippen LogP contribution >= 0.6 is 0 Å². The zero-order chi connectivity index (χ0) is 17.6. The lowest BCUT2D eigenvalue weighted by Gasteiger charge is -2.26. The van der Waals surface area contributed by atoms with Crippen LogP contribution in [0.2, 0.25) is 0 Å². The molecule has 0 atom stereocenters. The summed E-state index contributed by atoms with van der Waals surface area (Å²) in [6, 6.07) is 8.28. The molecule has 1 N–H and O–H groups in total. The van der Waals surface area contributed by atoms with Gasteiger partial charge in [-0.05, 0) is 56.0 Å². The van der Waals surface area contributed by atoms with E-state index in [-0.39, 0.29) is 17.6 Å². The number of nitrogens with one attached hydrogen (secondary N) is 1. The average molecular weight is 345 g/mol. The highest BCUT2D eigenvalue weighted by Crippen LogP contribution is 2.19. The molecule has 1 amide bonds. The van der Waals surface area contributed by atoms with Crippen molar-refractivity contribution >= 4 is 5.91 Å². The summed E-state index contributed by atoms with van der Waals surface area (Å²) in [5.41, 5.74) is 2.71. The van der Waals surface area contributed by atoms with Gasteiger partial charge < -0.3 is 9.64 Å². The van der Waals surface area contributed by atoms with Crippen molar-refractivity contribution in [3.8, 4) is 11.3 Å². The van der Waals surface area contributed by atoms with Crippen molar-refractivity contribution in [1.29, 1.82) is 0 Å². The molecule has 2 aromatic rings. The van der Waals surface area contributed by atoms with Crippen LogP contribution < -0.4 is 0 Å². The van der Waals surface area contributed by atoms with Crippen LogP contribution in [-0.4, -0.2) is 47.8 Å². The third-order valence-corrected chi connectivity index (χ3v) is 4.66. The van der Waals surface area contributed by atoms with Gasteiger partial charge in [-0.25, -0.2) is 4.39 Å². The molecule has 1 fully saturated rings. The molecule has 3 rings (SSSR count). The fourth-order valence-electron chi connectivity index (χ4n) is 3.13. The Balaban J connectivity index is 1.47. The van der Waals surface area contributed by atoms with Crippen LogP contribution in [0.25, 0.3) is 11.3 Å². The highest BCUT2D eigenvalue weighted by molar-refractivity contribution is 5.78. The monoisotopic (exact) mass is 345 g/mol. The SMILES string of the molecule is CN(CCCc1cc(-c2ccc(F)cc2)n[nH]1)C(=O)C1CCOCC1. The van der Waals surface area contributed by atoms with Gasteiger partial charge in [0.25, 0.3) is 0 Å². The van der Waals surface area contributed by atoms with Crippen molar-refractivity contribution in [2.75, 3.05) is 26.8 Å². The molecule has 0 saturated carbocycles. The minimum Gasteiger partial charge on any atom is -0.381 e. The standard InChI is InChI=1S/C19H24FN3O2/c1-23(19(24)15-8-11-25-12-9-15)10-2-3-17-13-18(22-21-17)14-4-6-16(20)7-5-14/h4-7,13,15H,2-3,8-12H2,1H3,(H,21,22). The minimum atomic E-state index is -0.253. The number of aryl methyl sites for hydroxylation is 1. The molecule has 6 heteroatoms. The van der Waals surface area contributed by atoms with Crippen molar-refractivity contribution in [3.05, 3.63) is 41.8 Å². The summed E-state index contributed by atoms with van der Waals surface area (Å²) < 4.78 is 18.3. The number of carbonyl (C=O) groups is 1. The van der Waals surface area contributed by atoms with Crippen LogP contribution in [0.1, 0.15) is 25.0 Å². The molecule has 5 nitrogen and oxygen atoms in total. The zero-order valence-electron chi connectivity index (χ0n) is 14.5. The van der Waals surface area contributed by atoms with Gasteiger partial charge in [0, 0.05) is 44.0 Å². The van der Waals surface area contributed by atoms with E-state index in [1.165, 1.54) is 12.1 Å². The number of halogens is 1. The molecule has 25 heavy (non-hydrogen) atoms. The maximum Gasteiger partial charge on any atom is 0.225 e. The third kappa shape index (κ3) is 4.66. The molecule has 1 aromatic heterocycles. The Bertz CT molecular complexity index is 693. The summed E-state index contributed by atoms with van der Waals surface area (Å²) in [5, 5.41) is 7.30. The van der Waals surface area contributed by atoms with Crippen LogP contribution in [0, 0.1) is 11.7 Å². The van der Waals surface area contributed by atoms with E-state index >= 15 is 0 Å². The van der Waals surface area contributed by atoms with E-state index in [1.807, 2.05) is 18.0 Å². The van der Waals surface area contributed by atoms with Crippen molar-refractivity contribution in [2.24, 2.45) is 5.92 Å². The predicted molar refractivity (Wildman–Crippen MR) is 93.5 cm³/mol. The summed E-state index contributed by atoms with van der Waals surface area (Å²) in [7, 11) is 1.87. The molecule has 0 unspecified atom stereocenters. The Morgan fingerprint density at radius 3 is 2.76 bits per heavy atom. The highest BCUT2D eigenvalue weighted by atomic mass is 19.1. The second-order valence-electron chi connectivity index (χ2n) is 6.54. The fourth-order valence-corrected chi connectivity index (χ4v) is 3.13. The maximum atomic E-state index is 13.0. The summed E-state index contributed by atoms with van der Waals surface area (Å²) in [6.45, 7) is 2.09. The third-order valence-electron chi connectivity index (χ3n) is 4.66. The molecule has 0 aliphatic carbocycles. The number of aromatic amines is 1. The number of amides is 1. The number of hydrogen-bond donors (Lipinski definition) is 1. The maximum absolute atomic E-state index is 13.0. The van der Waals surface area contributed by atoms with E-state index in [0.29, 0.717) is 13.2 Å². The number of nitrogens with zero attached hydrogens (tertiary/aromatic N) is 2. The molecule has 0 bridgehead atoms. The lowest BCUT2D eigenvalue weighted by molar-refractivity contribution is -0.137. The number of rotatable bonds is 6. The van der Waals surface area contributed by atoms with E-state index in [4.69, 9.17) is 4.74 Å². The Hall–Kier alpha value is -2.21. The summed E-state index contributed by atoms with van der Waals surface area (Å²) in [6.07, 6.45) is 3.34. The zero-order valence-corrected chi connectivity index (χ0v) is 14.5. The van der Waals surface area contributed by atoms with Crippen LogP contribution in [0.5, 0.6) is 0 Å². The number of aromatic nitrogens is 2. The predicted octanol–water partition coefficient (Wildman–Crippen LogP) is 3.03. The van der Waals surface area contributed by atoms with E-state index in [2.05, 4.69) is 10.2 Å². The molecule has 2 heterocycles. The van der Waals surface area contributed by atoms with Crippen molar-refractivity contribution in [3.63, 3.8) is 0 Å². The van der Waals surface area contributed by atoms with Crippen LogP contribution in [0.4, 0.5) is 4.39 Å². The van der Waals surface area contributed by atoms with Crippen LogP contribution in [-0.2, 0) is 16.0 Å². The van der Waals surface area contributed by atoms with Gasteiger partial charge in [0.15, 0.2) is 0 Å². The molecule has 0 spiro atoms. The number of hydrogen-bond acceptors (Lipinski definition) is 3. The van der Waals surface area contributed by atoms with Crippen molar-refractivity contribution < 1.29 is 13.9 Å². The first-order valence-electron chi connectivity index (χ1n) is 8.76. The van der Waals surface area contributed by atoms with Crippen LogP contribution in [0.15, 0.2) is 30.3 Å². The van der Waals surface area contributed by atoms with Crippen LogP contribution in [0.3, 0.4) is 0 Å². The first-order valence-corrected chi connectivity index (χ1v) is 8.76. The van der Waals surface area contributed by atoms with Gasteiger partial charge in [-0.3, -0.25) is 9.89 Å². The quantitative estimate of drug-likeness (QED) is 0.875. The van der Waals surface area contributed by atoms with Gasteiger partial charge in [0.2, 0.25) is 5.91 Å². The van der Waals surface area contributed by atoms with Crippen molar-refractivity contribution in [1.82, 2.24) is 15.1 Å². The van der Waals surface area contributed by atoms with Gasteiger partial charge in [-0.15, -0.1) is 0 Å². The van der Waals surface area contributed by atoms with E-state index < -0.39 is 0 Å². The molecule has 1 aliphatic rings. The lowest BCUT2D eigenvalue weighted by Crippen LogP contribution is -2.36. The second kappa shape index (κ2) is 8.25. The van der Waals surface area contributed by atoms with E-state index in [1.54, 1.807) is 12.1 Å². The highest BCUT2D eigenvalue weighted by Gasteiger charge is 2.24. The topological polar surface area (TPSA) is 58.2 Å². The van der Waals surface area contributed by atoms with E-state index in [0.717, 1.165) is 49.2 Å². The normalized spacial score (nSPS) is 15.3. The smallest absolute Gasteiger partial charge is 0.225 e.